The molecule has 21 aromatic carbocycles. The van der Waals surface area contributed by atoms with E-state index in [9.17, 15) is 0 Å². The van der Waals surface area contributed by atoms with Crippen molar-refractivity contribution in [1.29, 1.82) is 0 Å². The number of fused-ring (bicyclic) bond motifs is 18. The number of benzene rings is 21. The molecular weight excluding hydrogens is 1710 g/mol. The van der Waals surface area contributed by atoms with Gasteiger partial charge in [0.15, 0.2) is 0 Å². The minimum absolute atomic E-state index is 0.0834. The lowest BCUT2D eigenvalue weighted by Crippen LogP contribution is -2.16. The molecule has 0 bridgehead atoms. The van der Waals surface area contributed by atoms with E-state index in [0.29, 0.717) is 0 Å². The van der Waals surface area contributed by atoms with Crippen molar-refractivity contribution in [3.05, 3.63) is 525 Å². The third-order valence-corrected chi connectivity index (χ3v) is 29.7. The van der Waals surface area contributed by atoms with E-state index in [0.717, 1.165) is 150 Å². The Labute approximate surface area is 821 Å². The fraction of sp³-hybridized carbons (Fsp3) is 0.0667. The van der Waals surface area contributed by atoms with Gasteiger partial charge in [0.25, 0.3) is 0 Å². The number of hydrogen-bond acceptors (Lipinski definition) is 6. The molecule has 3 aliphatic rings. The van der Waals surface area contributed by atoms with E-state index in [1.54, 1.807) is 0 Å². The summed E-state index contributed by atoms with van der Waals surface area (Å²) in [6.07, 6.45) is 0. The SMILES string of the molecule is CC1(C)c2ccccc2-c2ccc(N(c3ccc(-c4ccccc4)cc3)c3ccc(-c4cccc5c4oc4ccccc45)cc3)cc21.CC1(C)c2ccccc2-c2ccc(N(c3ccc(-c4ccccc4)cc3)c3cccc(-c4cccc5c4oc4ccccc45)c3)cc21.CC1(C)c2ccccc2-c2ccc(N(c3ccc(-c4ccccc4)cc3)c3ccccc3-c3cccc4c3oc3ccccc34)cc21. The molecule has 0 unspecified atom stereocenters. The van der Waals surface area contributed by atoms with Gasteiger partial charge in [0.2, 0.25) is 0 Å². The van der Waals surface area contributed by atoms with Crippen LogP contribution in [0.25, 0.3) is 166 Å². The molecule has 0 saturated carbocycles. The van der Waals surface area contributed by atoms with Gasteiger partial charge in [-0.05, 0) is 233 Å². The van der Waals surface area contributed by atoms with E-state index < -0.39 is 0 Å². The van der Waals surface area contributed by atoms with Crippen molar-refractivity contribution in [2.45, 2.75) is 57.8 Å². The first-order valence-electron chi connectivity index (χ1n) is 48.8. The Kier molecular flexibility index (Phi) is 20.9. The molecule has 0 fully saturated rings. The van der Waals surface area contributed by atoms with E-state index in [-0.39, 0.29) is 16.2 Å². The largest absolute Gasteiger partial charge is 0.455 e. The van der Waals surface area contributed by atoms with Gasteiger partial charge in [0, 0.05) is 116 Å². The van der Waals surface area contributed by atoms with Gasteiger partial charge >= 0.3 is 0 Å². The molecule has 3 heterocycles. The average molecular weight is 1810 g/mol. The van der Waals surface area contributed by atoms with Crippen molar-refractivity contribution in [1.82, 2.24) is 0 Å². The highest BCUT2D eigenvalue weighted by Gasteiger charge is 2.40. The normalized spacial score (nSPS) is 13.1. The average Bonchev–Trinajstić information content (AvgIpc) is 1.59. The molecule has 0 aliphatic heterocycles. The highest BCUT2D eigenvalue weighted by molar-refractivity contribution is 6.13. The highest BCUT2D eigenvalue weighted by atomic mass is 16.3. The third kappa shape index (κ3) is 14.8. The Morgan fingerprint density at radius 3 is 0.794 bits per heavy atom. The maximum Gasteiger partial charge on any atom is 0.143 e. The van der Waals surface area contributed by atoms with Crippen molar-refractivity contribution < 1.29 is 13.3 Å². The topological polar surface area (TPSA) is 49.1 Å². The summed E-state index contributed by atoms with van der Waals surface area (Å²) in [7, 11) is 0. The lowest BCUT2D eigenvalue weighted by molar-refractivity contribution is 0.660. The molecule has 672 valence electrons. The first-order chi connectivity index (χ1) is 69.2. The Hall–Kier alpha value is -17.6. The van der Waals surface area contributed by atoms with Crippen LogP contribution >= 0.6 is 0 Å². The zero-order valence-electron chi connectivity index (χ0n) is 79.3. The lowest BCUT2D eigenvalue weighted by Gasteiger charge is -2.30. The maximum atomic E-state index is 6.55. The van der Waals surface area contributed by atoms with Crippen LogP contribution in [-0.2, 0) is 16.2 Å². The molecule has 24 aromatic rings. The quantitative estimate of drug-likeness (QED) is 0.102. The Bertz CT molecular complexity index is 8930. The van der Waals surface area contributed by atoms with Gasteiger partial charge in [0.1, 0.15) is 33.5 Å². The molecule has 0 atom stereocenters. The number of rotatable bonds is 15. The number of para-hydroxylation sites is 7. The molecule has 6 heteroatoms. The van der Waals surface area contributed by atoms with Crippen LogP contribution < -0.4 is 14.7 Å². The number of nitrogens with zero attached hydrogens (tertiary/aromatic N) is 3. The zero-order chi connectivity index (χ0) is 94.6. The summed E-state index contributed by atoms with van der Waals surface area (Å²) < 4.78 is 19.4. The fourth-order valence-electron chi connectivity index (χ4n) is 22.5. The second-order valence-corrected chi connectivity index (χ2v) is 38.9. The molecular formula is C135H99N3O3. The summed E-state index contributed by atoms with van der Waals surface area (Å²) in [4.78, 5) is 7.17. The van der Waals surface area contributed by atoms with Crippen molar-refractivity contribution >= 4 is 117 Å². The van der Waals surface area contributed by atoms with E-state index in [2.05, 4.69) is 517 Å². The Balaban J connectivity index is 0.000000111. The standard InChI is InChI=1S/3C45H33NO/c1-45(2)40-20-9-6-15-34(40)35-28-27-33(29-41(35)45)46(32-25-23-31(24-26-32)30-13-4-3-5-14-30)42-21-10-7-16-36(42)38-18-12-19-39-37-17-8-11-22-43(37)47-44(38)39;1-45(2)41-20-8-6-16-37(41)38-27-26-35(29-42(38)45)46(33-24-22-31(23-25-33)30-12-4-3-5-13-30)34-15-10-14-32(28-34)36-18-11-19-40-39-17-7-9-21-43(39)47-44(36)40;1-45(2)41-17-8-6-13-37(41)38-28-27-35(29-42(38)45)46(33-23-19-31(20-24-33)30-11-4-3-5-12-30)34-25-21-32(22-26-34)36-15-10-16-40-39-14-7-9-18-43(39)47-44(36)40/h3*3-29H,1-2H3. The van der Waals surface area contributed by atoms with Gasteiger partial charge in [0.05, 0.1) is 5.69 Å². The van der Waals surface area contributed by atoms with E-state index >= 15 is 0 Å². The molecule has 0 amide bonds. The van der Waals surface area contributed by atoms with E-state index in [1.807, 2.05) is 30.3 Å². The molecule has 0 radical (unpaired) electrons. The molecule has 3 aliphatic carbocycles. The van der Waals surface area contributed by atoms with Gasteiger partial charge in [-0.3, -0.25) is 0 Å². The summed E-state index contributed by atoms with van der Waals surface area (Å²) in [5.41, 5.74) is 45.2. The predicted octanol–water partition coefficient (Wildman–Crippen LogP) is 38.1. The van der Waals surface area contributed by atoms with Crippen LogP contribution in [0.2, 0.25) is 0 Å². The third-order valence-electron chi connectivity index (χ3n) is 29.7. The van der Waals surface area contributed by atoms with Gasteiger partial charge in [-0.25, -0.2) is 0 Å². The van der Waals surface area contributed by atoms with Crippen LogP contribution in [0, 0.1) is 0 Å². The molecule has 0 saturated heterocycles. The van der Waals surface area contributed by atoms with Gasteiger partial charge in [-0.1, -0.05) is 412 Å². The van der Waals surface area contributed by atoms with Crippen LogP contribution in [0.4, 0.5) is 51.2 Å². The molecule has 6 nitrogen and oxygen atoms in total. The van der Waals surface area contributed by atoms with Crippen molar-refractivity contribution in [3.63, 3.8) is 0 Å². The maximum absolute atomic E-state index is 6.55. The van der Waals surface area contributed by atoms with Crippen LogP contribution in [0.5, 0.6) is 0 Å². The first-order valence-corrected chi connectivity index (χ1v) is 48.8. The molecule has 3 aromatic heterocycles. The molecule has 27 rings (SSSR count). The fourth-order valence-corrected chi connectivity index (χ4v) is 22.5. The van der Waals surface area contributed by atoms with Crippen molar-refractivity contribution in [2.75, 3.05) is 14.7 Å². The summed E-state index contributed by atoms with van der Waals surface area (Å²) in [6, 6.07) is 177. The van der Waals surface area contributed by atoms with Crippen LogP contribution in [0.3, 0.4) is 0 Å². The van der Waals surface area contributed by atoms with E-state index in [4.69, 9.17) is 13.3 Å². The monoisotopic (exact) mass is 1810 g/mol. The van der Waals surface area contributed by atoms with Gasteiger partial charge in [-0.2, -0.15) is 0 Å². The molecule has 141 heavy (non-hydrogen) atoms. The molecule has 0 spiro atoms. The first kappa shape index (κ1) is 85.1. The molecule has 0 N–H and O–H groups in total. The number of hydrogen-bond donors (Lipinski definition) is 0. The second kappa shape index (κ2) is 34.6. The summed E-state index contributed by atoms with van der Waals surface area (Å²) in [6.45, 7) is 14.1. The van der Waals surface area contributed by atoms with E-state index in [1.165, 1.54) is 100 Å². The second-order valence-electron chi connectivity index (χ2n) is 38.9. The smallest absolute Gasteiger partial charge is 0.143 e. The van der Waals surface area contributed by atoms with Crippen molar-refractivity contribution in [2.24, 2.45) is 0 Å². The summed E-state index contributed by atoms with van der Waals surface area (Å²) in [5.74, 6) is 0. The summed E-state index contributed by atoms with van der Waals surface area (Å²) in [5, 5.41) is 6.83. The van der Waals surface area contributed by atoms with Gasteiger partial charge < -0.3 is 28.0 Å². The predicted molar refractivity (Wildman–Crippen MR) is 591 cm³/mol. The van der Waals surface area contributed by atoms with Crippen molar-refractivity contribution in [3.8, 4) is 100 Å². The minimum atomic E-state index is -0.107. The number of furan rings is 3. The lowest BCUT2D eigenvalue weighted by atomic mass is 9.82. The van der Waals surface area contributed by atoms with Crippen LogP contribution in [0.15, 0.2) is 505 Å². The minimum Gasteiger partial charge on any atom is -0.455 e. The Morgan fingerprint density at radius 2 is 0.397 bits per heavy atom. The summed E-state index contributed by atoms with van der Waals surface area (Å²) >= 11 is 0. The van der Waals surface area contributed by atoms with Gasteiger partial charge in [-0.15, -0.1) is 0 Å². The Morgan fingerprint density at radius 1 is 0.149 bits per heavy atom. The zero-order valence-corrected chi connectivity index (χ0v) is 79.3. The van der Waals surface area contributed by atoms with Crippen LogP contribution in [0.1, 0.15) is 74.9 Å². The van der Waals surface area contributed by atoms with Crippen LogP contribution in [-0.4, -0.2) is 0 Å². The number of anilines is 9. The highest BCUT2D eigenvalue weighted by Crippen LogP contribution is 2.57.